The van der Waals surface area contributed by atoms with Crippen LogP contribution in [0.1, 0.15) is 43.5 Å². The molecule has 4 nitrogen and oxygen atoms in total. The smallest absolute Gasteiger partial charge is 0.257 e. The molecule has 1 amide bonds. The highest BCUT2D eigenvalue weighted by Gasteiger charge is 2.32. The molecule has 128 valence electrons. The minimum atomic E-state index is 0. The van der Waals surface area contributed by atoms with Gasteiger partial charge >= 0.3 is 0 Å². The van der Waals surface area contributed by atoms with E-state index in [1.807, 2.05) is 36.9 Å². The largest absolute Gasteiger partial charge is 0.490 e. The van der Waals surface area contributed by atoms with Crippen molar-refractivity contribution in [3.8, 4) is 5.75 Å². The van der Waals surface area contributed by atoms with Crippen molar-refractivity contribution < 1.29 is 9.53 Å². The normalized spacial score (nSPS) is 23.4. The summed E-state index contributed by atoms with van der Waals surface area (Å²) < 4.78 is 6.77. The molecule has 6 heteroatoms. The van der Waals surface area contributed by atoms with Crippen LogP contribution in [0, 0.1) is 0 Å². The Hall–Kier alpha value is -0.780. The van der Waals surface area contributed by atoms with E-state index in [2.05, 4.69) is 21.2 Å². The van der Waals surface area contributed by atoms with Crippen LogP contribution >= 0.6 is 28.3 Å². The predicted molar refractivity (Wildman–Crippen MR) is 97.6 cm³/mol. The molecule has 0 aromatic heterocycles. The maximum absolute atomic E-state index is 12.9. The zero-order valence-electron chi connectivity index (χ0n) is 13.5. The summed E-state index contributed by atoms with van der Waals surface area (Å²) >= 11 is 3.46. The molecule has 2 aliphatic rings. The second kappa shape index (κ2) is 7.86. The Morgan fingerprint density at radius 2 is 2.04 bits per heavy atom. The molecule has 2 bridgehead atoms. The molecular formula is C17H24BrClN2O2. The van der Waals surface area contributed by atoms with Gasteiger partial charge in [-0.25, -0.2) is 0 Å². The van der Waals surface area contributed by atoms with Gasteiger partial charge in [-0.05, 0) is 51.3 Å². The number of ether oxygens (including phenoxy) is 1. The Morgan fingerprint density at radius 3 is 2.78 bits per heavy atom. The topological polar surface area (TPSA) is 41.6 Å². The van der Waals surface area contributed by atoms with E-state index in [1.54, 1.807) is 0 Å². The van der Waals surface area contributed by atoms with Crippen molar-refractivity contribution in [2.75, 3.05) is 13.1 Å². The summed E-state index contributed by atoms with van der Waals surface area (Å²) in [6, 6.07) is 6.68. The number of likely N-dealkylation sites (tertiary alicyclic amines) is 1. The van der Waals surface area contributed by atoms with Gasteiger partial charge in [-0.1, -0.05) is 15.9 Å². The number of nitrogens with zero attached hydrogens (tertiary/aromatic N) is 1. The molecule has 2 heterocycles. The number of hydrogen-bond acceptors (Lipinski definition) is 3. The molecule has 1 aromatic rings. The van der Waals surface area contributed by atoms with Gasteiger partial charge in [0, 0.05) is 29.6 Å². The van der Waals surface area contributed by atoms with Crippen molar-refractivity contribution in [3.63, 3.8) is 0 Å². The third kappa shape index (κ3) is 4.40. The highest BCUT2D eigenvalue weighted by atomic mass is 79.9. The summed E-state index contributed by atoms with van der Waals surface area (Å²) in [7, 11) is 0. The van der Waals surface area contributed by atoms with Crippen LogP contribution in [0.3, 0.4) is 0 Å². The van der Waals surface area contributed by atoms with Gasteiger partial charge in [-0.3, -0.25) is 4.79 Å². The minimum Gasteiger partial charge on any atom is -0.490 e. The molecule has 2 fully saturated rings. The Bertz CT molecular complexity index is 568. The zero-order chi connectivity index (χ0) is 15.7. The van der Waals surface area contributed by atoms with Crippen molar-refractivity contribution in [2.45, 2.75) is 51.3 Å². The third-order valence-electron chi connectivity index (χ3n) is 4.35. The van der Waals surface area contributed by atoms with Crippen molar-refractivity contribution in [3.05, 3.63) is 28.2 Å². The molecule has 2 unspecified atom stereocenters. The Kier molecular flexibility index (Phi) is 6.34. The quantitative estimate of drug-likeness (QED) is 0.838. The molecule has 23 heavy (non-hydrogen) atoms. The standard InChI is InChI=1S/C17H23BrN2O2.ClH/c1-11(2)22-16-9-12(18)3-6-15(16)17(21)20-8-7-13-4-5-14(10-20)19-13;/h3,6,9,11,13-14,19H,4-5,7-8,10H2,1-2H3;1H. The lowest BCUT2D eigenvalue weighted by molar-refractivity contribution is 0.0742. The first kappa shape index (κ1) is 18.6. The SMILES string of the molecule is CC(C)Oc1cc(Br)ccc1C(=O)N1CCC2CCC(C1)N2.Cl. The van der Waals surface area contributed by atoms with Gasteiger partial charge in [0.25, 0.3) is 5.91 Å². The lowest BCUT2D eigenvalue weighted by Gasteiger charge is -2.25. The number of nitrogens with one attached hydrogen (secondary N) is 1. The van der Waals surface area contributed by atoms with Crippen LogP contribution in [0.2, 0.25) is 0 Å². The minimum absolute atomic E-state index is 0. The summed E-state index contributed by atoms with van der Waals surface area (Å²) in [5.41, 5.74) is 0.662. The maximum Gasteiger partial charge on any atom is 0.257 e. The first-order valence-electron chi connectivity index (χ1n) is 8.04. The zero-order valence-corrected chi connectivity index (χ0v) is 16.0. The average molecular weight is 404 g/mol. The van der Waals surface area contributed by atoms with Crippen LogP contribution in [0.25, 0.3) is 0 Å². The number of carbonyl (C=O) groups excluding carboxylic acids is 1. The van der Waals surface area contributed by atoms with Crippen LogP contribution in [-0.4, -0.2) is 42.1 Å². The van der Waals surface area contributed by atoms with Crippen molar-refractivity contribution >= 4 is 34.2 Å². The van der Waals surface area contributed by atoms with E-state index >= 15 is 0 Å². The molecule has 0 saturated carbocycles. The summed E-state index contributed by atoms with van der Waals surface area (Å²) in [6.45, 7) is 5.57. The van der Waals surface area contributed by atoms with Gasteiger partial charge < -0.3 is 15.0 Å². The van der Waals surface area contributed by atoms with E-state index in [1.165, 1.54) is 12.8 Å². The number of amides is 1. The van der Waals surface area contributed by atoms with E-state index < -0.39 is 0 Å². The number of carbonyl (C=O) groups is 1. The molecule has 0 spiro atoms. The Balaban J connectivity index is 0.00000192. The summed E-state index contributed by atoms with van der Waals surface area (Å²) in [4.78, 5) is 14.9. The summed E-state index contributed by atoms with van der Waals surface area (Å²) in [5, 5.41) is 3.61. The van der Waals surface area contributed by atoms with E-state index in [4.69, 9.17) is 4.74 Å². The molecule has 3 rings (SSSR count). The van der Waals surface area contributed by atoms with Gasteiger partial charge in [0.2, 0.25) is 0 Å². The number of benzene rings is 1. The van der Waals surface area contributed by atoms with Crippen LogP contribution in [0.5, 0.6) is 5.75 Å². The van der Waals surface area contributed by atoms with Crippen molar-refractivity contribution in [2.24, 2.45) is 0 Å². The van der Waals surface area contributed by atoms with Crippen LogP contribution in [-0.2, 0) is 0 Å². The molecule has 2 saturated heterocycles. The Morgan fingerprint density at radius 1 is 1.30 bits per heavy atom. The number of rotatable bonds is 3. The first-order chi connectivity index (χ1) is 10.5. The second-order valence-electron chi connectivity index (χ2n) is 6.48. The van der Waals surface area contributed by atoms with E-state index in [0.717, 1.165) is 24.0 Å². The third-order valence-corrected chi connectivity index (χ3v) is 4.84. The fourth-order valence-electron chi connectivity index (χ4n) is 3.32. The van der Waals surface area contributed by atoms with E-state index in [9.17, 15) is 4.79 Å². The molecular weight excluding hydrogens is 380 g/mol. The monoisotopic (exact) mass is 402 g/mol. The number of hydrogen-bond donors (Lipinski definition) is 1. The molecule has 1 aromatic carbocycles. The highest BCUT2D eigenvalue weighted by Crippen LogP contribution is 2.28. The number of halogens is 2. The lowest BCUT2D eigenvalue weighted by Crippen LogP contribution is -2.39. The van der Waals surface area contributed by atoms with Gasteiger partial charge in [-0.15, -0.1) is 12.4 Å². The van der Waals surface area contributed by atoms with Crippen molar-refractivity contribution in [1.82, 2.24) is 10.2 Å². The van der Waals surface area contributed by atoms with Crippen LogP contribution in [0.15, 0.2) is 22.7 Å². The van der Waals surface area contributed by atoms with Crippen molar-refractivity contribution in [1.29, 1.82) is 0 Å². The van der Waals surface area contributed by atoms with Gasteiger partial charge in [0.05, 0.1) is 11.7 Å². The van der Waals surface area contributed by atoms with Gasteiger partial charge in [-0.2, -0.15) is 0 Å². The predicted octanol–water partition coefficient (Wildman–Crippen LogP) is 3.62. The highest BCUT2D eigenvalue weighted by molar-refractivity contribution is 9.10. The fourth-order valence-corrected chi connectivity index (χ4v) is 3.66. The molecule has 1 N–H and O–H groups in total. The first-order valence-corrected chi connectivity index (χ1v) is 8.84. The average Bonchev–Trinajstić information content (AvgIpc) is 2.77. The van der Waals surface area contributed by atoms with E-state index in [0.29, 0.717) is 23.4 Å². The molecule has 2 atom stereocenters. The molecule has 0 radical (unpaired) electrons. The van der Waals surface area contributed by atoms with E-state index in [-0.39, 0.29) is 24.4 Å². The number of fused-ring (bicyclic) bond motifs is 2. The maximum atomic E-state index is 12.9. The molecule has 0 aliphatic carbocycles. The van der Waals surface area contributed by atoms with Gasteiger partial charge in [0.15, 0.2) is 0 Å². The lowest BCUT2D eigenvalue weighted by atomic mass is 10.1. The van der Waals surface area contributed by atoms with Crippen LogP contribution in [0.4, 0.5) is 0 Å². The summed E-state index contributed by atoms with van der Waals surface area (Å²) in [6.07, 6.45) is 3.50. The molecule has 2 aliphatic heterocycles. The summed E-state index contributed by atoms with van der Waals surface area (Å²) in [5.74, 6) is 0.745. The fraction of sp³-hybridized carbons (Fsp3) is 0.588. The van der Waals surface area contributed by atoms with Gasteiger partial charge in [0.1, 0.15) is 5.75 Å². The Labute approximate surface area is 152 Å². The van der Waals surface area contributed by atoms with Crippen LogP contribution < -0.4 is 10.1 Å². The second-order valence-corrected chi connectivity index (χ2v) is 7.40.